The van der Waals surface area contributed by atoms with E-state index in [0.29, 0.717) is 11.4 Å². The first-order valence-corrected chi connectivity index (χ1v) is 24.9. The van der Waals surface area contributed by atoms with Gasteiger partial charge in [0, 0.05) is 78.8 Å². The first kappa shape index (κ1) is 38.7. The van der Waals surface area contributed by atoms with Crippen LogP contribution in [0, 0.1) is 0 Å². The lowest BCUT2D eigenvalue weighted by molar-refractivity contribution is 1.18. The molecule has 15 aromatic rings. The summed E-state index contributed by atoms with van der Waals surface area (Å²) >= 11 is 0. The number of para-hydroxylation sites is 3. The van der Waals surface area contributed by atoms with Gasteiger partial charge in [0.25, 0.3) is 0 Å². The summed E-state index contributed by atoms with van der Waals surface area (Å²) in [5.74, 6) is 0. The van der Waals surface area contributed by atoms with Gasteiger partial charge in [-0.15, -0.1) is 0 Å². The molecular weight excluding hydrogens is 911 g/mol. The molecule has 75 heavy (non-hydrogen) atoms. The number of benzene rings is 12. The van der Waals surface area contributed by atoms with Crippen molar-refractivity contribution in [3.8, 4) is 33.8 Å². The lowest BCUT2D eigenvalue weighted by Gasteiger charge is -2.27. The summed E-state index contributed by atoms with van der Waals surface area (Å²) in [4.78, 5) is 8.76. The monoisotopic (exact) mass is 964 g/mol. The molecule has 5 heteroatoms. The molecule has 3 aromatic heterocycles. The average Bonchev–Trinajstić information content (AvgIpc) is 4.13. The van der Waals surface area contributed by atoms with Gasteiger partial charge in [-0.2, -0.15) is 0 Å². The average molecular weight is 965 g/mol. The van der Waals surface area contributed by atoms with Gasteiger partial charge in [-0.05, 0) is 154 Å². The van der Waals surface area contributed by atoms with E-state index in [1.54, 1.807) is 0 Å². The minimum absolute atomic E-state index is 0. The lowest BCUT2D eigenvalue weighted by atomic mass is 10.0. The van der Waals surface area contributed by atoms with Gasteiger partial charge in [0.05, 0.1) is 34.6 Å². The van der Waals surface area contributed by atoms with Crippen LogP contribution >= 0.6 is 0 Å². The van der Waals surface area contributed by atoms with E-state index in [4.69, 9.17) is 4.11 Å². The standard InChI is InChI=1S/C69H45N5.CH4/c1-4-16-53(17-5-1)71(59-42-51-27-25-49-14-12-23-62-66(49)68(51)64(44-59)73(62)54-18-6-2-7-19-54)56-35-29-46(30-36-56)47-31-37-57(38-32-47)72(58-39-33-48(34-40-58)61-22-10-11-41-70-61)60-43-52-28-26-50-15-13-24-63-67(50)69(52)65(45-60)74(63)55-20-8-3-9-21-55;/h1-45H;1H4/i1D,4D,5D,16D,17D;. The number of hydrogen-bond donors (Lipinski definition) is 0. The Labute approximate surface area is 442 Å². The molecule has 0 fully saturated rings. The third-order valence-electron chi connectivity index (χ3n) is 14.7. The van der Waals surface area contributed by atoms with E-state index in [9.17, 15) is 2.74 Å². The Morgan fingerprint density at radius 1 is 0.320 bits per heavy atom. The molecule has 0 radical (unpaired) electrons. The van der Waals surface area contributed by atoms with E-state index < -0.39 is 18.1 Å². The number of nitrogens with zero attached hydrogens (tertiary/aromatic N) is 5. The van der Waals surface area contributed by atoms with Crippen molar-refractivity contribution in [2.75, 3.05) is 9.80 Å². The van der Waals surface area contributed by atoms with Crippen LogP contribution in [0.1, 0.15) is 14.3 Å². The molecule has 0 saturated heterocycles. The zero-order valence-electron chi connectivity index (χ0n) is 44.8. The highest BCUT2D eigenvalue weighted by Crippen LogP contribution is 2.47. The van der Waals surface area contributed by atoms with Crippen molar-refractivity contribution in [3.05, 3.63) is 273 Å². The minimum Gasteiger partial charge on any atom is -0.310 e. The highest BCUT2D eigenvalue weighted by molar-refractivity contribution is 6.26. The van der Waals surface area contributed by atoms with E-state index in [1.807, 2.05) is 71.8 Å². The van der Waals surface area contributed by atoms with Gasteiger partial charge in [-0.25, -0.2) is 0 Å². The first-order chi connectivity index (χ1) is 38.8. The predicted molar refractivity (Wildman–Crippen MR) is 317 cm³/mol. The summed E-state index contributed by atoms with van der Waals surface area (Å²) in [6.07, 6.45) is 1.82. The van der Waals surface area contributed by atoms with Gasteiger partial charge < -0.3 is 18.9 Å². The highest BCUT2D eigenvalue weighted by atomic mass is 15.2. The van der Waals surface area contributed by atoms with Crippen LogP contribution in [-0.2, 0) is 0 Å². The molecule has 0 aliphatic carbocycles. The Balaban J connectivity index is 0.00000577. The van der Waals surface area contributed by atoms with E-state index in [1.165, 1.54) is 16.2 Å². The maximum Gasteiger partial charge on any atom is 0.0701 e. The molecule has 0 N–H and O–H groups in total. The van der Waals surface area contributed by atoms with Gasteiger partial charge >= 0.3 is 0 Å². The van der Waals surface area contributed by atoms with Gasteiger partial charge in [-0.1, -0.05) is 153 Å². The van der Waals surface area contributed by atoms with E-state index in [2.05, 4.69) is 195 Å². The largest absolute Gasteiger partial charge is 0.310 e. The van der Waals surface area contributed by atoms with Crippen molar-refractivity contribution in [1.29, 1.82) is 0 Å². The third kappa shape index (κ3) is 7.12. The maximum atomic E-state index is 9.30. The van der Waals surface area contributed by atoms with Crippen molar-refractivity contribution in [1.82, 2.24) is 14.1 Å². The quantitative estimate of drug-likeness (QED) is 0.128. The maximum absolute atomic E-state index is 9.30. The van der Waals surface area contributed by atoms with E-state index in [0.717, 1.165) is 99.8 Å². The van der Waals surface area contributed by atoms with Crippen molar-refractivity contribution in [2.24, 2.45) is 0 Å². The summed E-state index contributed by atoms with van der Waals surface area (Å²) in [5.41, 5.74) is 14.6. The van der Waals surface area contributed by atoms with Crippen LogP contribution in [0.3, 0.4) is 0 Å². The lowest BCUT2D eigenvalue weighted by Crippen LogP contribution is -2.10. The van der Waals surface area contributed by atoms with Crippen molar-refractivity contribution < 1.29 is 6.85 Å². The highest BCUT2D eigenvalue weighted by Gasteiger charge is 2.23. The summed E-state index contributed by atoms with van der Waals surface area (Å²) < 4.78 is 49.4. The second kappa shape index (κ2) is 17.7. The van der Waals surface area contributed by atoms with Gasteiger partial charge in [0.15, 0.2) is 0 Å². The topological polar surface area (TPSA) is 29.2 Å². The Morgan fingerprint density at radius 3 is 1.21 bits per heavy atom. The van der Waals surface area contributed by atoms with Crippen molar-refractivity contribution >= 4 is 99.3 Å². The van der Waals surface area contributed by atoms with Gasteiger partial charge in [0.2, 0.25) is 0 Å². The molecule has 0 amide bonds. The summed E-state index contributed by atoms with van der Waals surface area (Å²) in [5, 5.41) is 9.19. The van der Waals surface area contributed by atoms with E-state index >= 15 is 0 Å². The Kier molecular flexibility index (Phi) is 9.10. The normalized spacial score (nSPS) is 12.6. The molecule has 0 unspecified atom stereocenters. The molecule has 0 bridgehead atoms. The summed E-state index contributed by atoms with van der Waals surface area (Å²) in [6.45, 7) is 0. The van der Waals surface area contributed by atoms with Crippen LogP contribution < -0.4 is 9.80 Å². The van der Waals surface area contributed by atoms with Crippen molar-refractivity contribution in [2.45, 2.75) is 7.43 Å². The fourth-order valence-electron chi connectivity index (χ4n) is 11.5. The second-order valence-corrected chi connectivity index (χ2v) is 18.8. The number of anilines is 6. The van der Waals surface area contributed by atoms with Crippen molar-refractivity contribution in [3.63, 3.8) is 0 Å². The Morgan fingerprint density at radius 2 is 0.747 bits per heavy atom. The smallest absolute Gasteiger partial charge is 0.0701 e. The molecule has 3 heterocycles. The zero-order chi connectivity index (χ0) is 53.0. The Bertz CT molecular complexity index is 4780. The van der Waals surface area contributed by atoms with Crippen LogP contribution in [0.4, 0.5) is 34.1 Å². The molecular formula is C70H49N5. The molecule has 354 valence electrons. The predicted octanol–water partition coefficient (Wildman–Crippen LogP) is 19.4. The summed E-state index contributed by atoms with van der Waals surface area (Å²) in [6, 6.07) is 80.6. The van der Waals surface area contributed by atoms with Gasteiger partial charge in [-0.3, -0.25) is 4.98 Å². The van der Waals surface area contributed by atoms with E-state index in [-0.39, 0.29) is 25.2 Å². The van der Waals surface area contributed by atoms with Crippen LogP contribution in [0.15, 0.2) is 273 Å². The SMILES string of the molecule is C.[2H]c1c([2H])c([2H])c(N(c2ccc(-c3ccc(N(c4ccc(-c5ccccn5)cc4)c4cc5ccc6cccc7c6c5c(c4)n7-c4ccccc4)cc3)cc2)c2cc3ccc4cccc5c4c3c(c2)n5-c2ccccc2)c([2H])c1[2H]. The van der Waals surface area contributed by atoms with Crippen LogP contribution in [0.5, 0.6) is 0 Å². The fourth-order valence-corrected chi connectivity index (χ4v) is 11.5. The van der Waals surface area contributed by atoms with Gasteiger partial charge in [0.1, 0.15) is 0 Å². The number of aromatic nitrogens is 3. The molecule has 12 aromatic carbocycles. The molecule has 0 saturated carbocycles. The minimum atomic E-state index is -0.441. The Hall–Kier alpha value is -9.97. The molecule has 0 aliphatic heterocycles. The fraction of sp³-hybridized carbons (Fsp3) is 0.0143. The molecule has 0 atom stereocenters. The molecule has 5 nitrogen and oxygen atoms in total. The number of pyridine rings is 1. The van der Waals surface area contributed by atoms with Crippen LogP contribution in [0.25, 0.3) is 98.9 Å². The number of hydrogen-bond acceptors (Lipinski definition) is 3. The van der Waals surface area contributed by atoms with Crippen LogP contribution in [0.2, 0.25) is 0 Å². The van der Waals surface area contributed by atoms with Crippen LogP contribution in [-0.4, -0.2) is 14.1 Å². The molecule has 0 aliphatic rings. The molecule has 0 spiro atoms. The first-order valence-electron chi connectivity index (χ1n) is 27.4. The zero-order valence-corrected chi connectivity index (χ0v) is 39.8. The molecule has 15 rings (SSSR count). The third-order valence-corrected chi connectivity index (χ3v) is 14.7. The number of rotatable bonds is 10. The summed E-state index contributed by atoms with van der Waals surface area (Å²) in [7, 11) is 0. The second-order valence-electron chi connectivity index (χ2n) is 18.8.